The molecule has 0 unspecified atom stereocenters. The lowest BCUT2D eigenvalue weighted by Crippen LogP contribution is -2.36. The van der Waals surface area contributed by atoms with Gasteiger partial charge in [-0.1, -0.05) is 25.7 Å². The molecule has 0 spiro atoms. The Bertz CT molecular complexity index is 883. The van der Waals surface area contributed by atoms with Crippen molar-refractivity contribution in [2.24, 2.45) is 0 Å². The molecule has 0 aromatic rings. The molecular weight excluding hydrogens is 524 g/mol. The first-order valence-electron chi connectivity index (χ1n) is 14.4. The molecule has 3 saturated heterocycles. The van der Waals surface area contributed by atoms with E-state index in [2.05, 4.69) is 16.0 Å². The molecule has 218 valence electrons. The number of nitrogens with one attached hydrogen (secondary N) is 3. The van der Waals surface area contributed by atoms with Crippen molar-refractivity contribution in [3.05, 3.63) is 0 Å². The van der Waals surface area contributed by atoms with Crippen LogP contribution in [0.25, 0.3) is 0 Å². The number of imide groups is 1. The van der Waals surface area contributed by atoms with E-state index in [9.17, 15) is 28.8 Å². The van der Waals surface area contributed by atoms with Crippen LogP contribution in [0.2, 0.25) is 0 Å². The number of hydrogen-bond donors (Lipinski definition) is 3. The minimum absolute atomic E-state index is 0.0104. The second-order valence-electron chi connectivity index (χ2n) is 10.5. The molecule has 3 aliphatic heterocycles. The maximum absolute atomic E-state index is 12.1. The van der Waals surface area contributed by atoms with Crippen molar-refractivity contribution in [1.82, 2.24) is 21.0 Å². The highest BCUT2D eigenvalue weighted by molar-refractivity contribution is 8.00. The highest BCUT2D eigenvalue weighted by Crippen LogP contribution is 2.33. The third-order valence-electron chi connectivity index (χ3n) is 7.32. The van der Waals surface area contributed by atoms with Crippen LogP contribution in [-0.4, -0.2) is 70.2 Å². The summed E-state index contributed by atoms with van der Waals surface area (Å²) in [5, 5.41) is 9.84. The molecule has 3 heterocycles. The SMILES string of the molecule is O=C(CCCCCCC(=O)NCCCCCC(=O)ON1C(=O)CCC1=O)CCCC[C@@H]1SC[C@@H]2NC(=O)N[C@@H]21. The Hall–Kier alpha value is -2.63. The van der Waals surface area contributed by atoms with Gasteiger partial charge in [-0.05, 0) is 38.5 Å². The molecule has 5 amide bonds. The molecule has 0 bridgehead atoms. The van der Waals surface area contributed by atoms with Crippen molar-refractivity contribution in [3.8, 4) is 0 Å². The van der Waals surface area contributed by atoms with Gasteiger partial charge in [0.1, 0.15) is 5.78 Å². The van der Waals surface area contributed by atoms with E-state index in [1.54, 1.807) is 0 Å². The molecule has 3 N–H and O–H groups in total. The van der Waals surface area contributed by atoms with Crippen molar-refractivity contribution < 1.29 is 33.6 Å². The standard InChI is InChI=1S/C27H42N4O7S/c32-19(11-7-8-12-21-26-20(18-39-21)29-27(37)30-26)10-4-1-2-5-13-22(33)28-17-9-3-6-14-25(36)38-31-23(34)15-16-24(31)35/h20-21,26H,1-18H2,(H,28,33)(H2,29,30,37)/t20-,21-,26-/m0/s1. The molecule has 3 atom stereocenters. The Kier molecular flexibility index (Phi) is 13.1. The van der Waals surface area contributed by atoms with E-state index < -0.39 is 17.8 Å². The summed E-state index contributed by atoms with van der Waals surface area (Å²) in [7, 11) is 0. The summed E-state index contributed by atoms with van der Waals surface area (Å²) < 4.78 is 0. The summed E-state index contributed by atoms with van der Waals surface area (Å²) in [5.41, 5.74) is 0. The Morgan fingerprint density at radius 3 is 2.21 bits per heavy atom. The van der Waals surface area contributed by atoms with Crippen LogP contribution in [0, 0.1) is 0 Å². The molecule has 0 saturated carbocycles. The first kappa shape index (κ1) is 30.9. The third kappa shape index (κ3) is 10.8. The number of thioether (sulfide) groups is 1. The Morgan fingerprint density at radius 2 is 1.46 bits per heavy atom. The molecule has 11 nitrogen and oxygen atoms in total. The molecule has 3 aliphatic rings. The lowest BCUT2D eigenvalue weighted by molar-refractivity contribution is -0.197. The van der Waals surface area contributed by atoms with Crippen LogP contribution in [0.3, 0.4) is 0 Å². The molecule has 0 radical (unpaired) electrons. The number of carbonyl (C=O) groups is 6. The van der Waals surface area contributed by atoms with Crippen LogP contribution >= 0.6 is 11.8 Å². The van der Waals surface area contributed by atoms with Gasteiger partial charge in [-0.2, -0.15) is 11.8 Å². The van der Waals surface area contributed by atoms with Gasteiger partial charge in [-0.3, -0.25) is 19.2 Å². The van der Waals surface area contributed by atoms with Gasteiger partial charge in [0, 0.05) is 56.1 Å². The normalized spacial score (nSPS) is 22.0. The molecule has 0 aromatic heterocycles. The van der Waals surface area contributed by atoms with Crippen molar-refractivity contribution in [2.45, 2.75) is 120 Å². The number of rotatable bonds is 19. The van der Waals surface area contributed by atoms with Gasteiger partial charge in [-0.15, -0.1) is 5.06 Å². The largest absolute Gasteiger partial charge is 0.356 e. The van der Waals surface area contributed by atoms with Crippen LogP contribution in [0.4, 0.5) is 4.79 Å². The van der Waals surface area contributed by atoms with Gasteiger partial charge in [0.05, 0.1) is 12.1 Å². The smallest absolute Gasteiger partial charge is 0.333 e. The lowest BCUT2D eigenvalue weighted by atomic mass is 10.0. The maximum Gasteiger partial charge on any atom is 0.333 e. The first-order chi connectivity index (χ1) is 18.8. The number of hydrogen-bond acceptors (Lipinski definition) is 8. The van der Waals surface area contributed by atoms with E-state index in [0.717, 1.165) is 63.5 Å². The number of urea groups is 1. The number of hydroxylamine groups is 2. The third-order valence-corrected chi connectivity index (χ3v) is 8.83. The number of amides is 5. The first-order valence-corrected chi connectivity index (χ1v) is 15.4. The zero-order valence-corrected chi connectivity index (χ0v) is 23.5. The Labute approximate surface area is 234 Å². The predicted octanol–water partition coefficient (Wildman–Crippen LogP) is 2.91. The second-order valence-corrected chi connectivity index (χ2v) is 11.8. The van der Waals surface area contributed by atoms with Crippen molar-refractivity contribution >= 4 is 47.3 Å². The van der Waals surface area contributed by atoms with E-state index >= 15 is 0 Å². The van der Waals surface area contributed by atoms with E-state index in [1.165, 1.54) is 0 Å². The molecule has 3 rings (SSSR count). The summed E-state index contributed by atoms with van der Waals surface area (Å²) in [4.78, 5) is 75.0. The van der Waals surface area contributed by atoms with E-state index in [-0.39, 0.29) is 43.3 Å². The fourth-order valence-corrected chi connectivity index (χ4v) is 6.63. The van der Waals surface area contributed by atoms with Crippen LogP contribution in [-0.2, 0) is 28.8 Å². The molecular formula is C27H42N4O7S. The van der Waals surface area contributed by atoms with Crippen LogP contribution in [0.1, 0.15) is 103 Å². The molecule has 0 aliphatic carbocycles. The molecule has 12 heteroatoms. The predicted molar refractivity (Wildman–Crippen MR) is 145 cm³/mol. The van der Waals surface area contributed by atoms with Crippen LogP contribution in [0.5, 0.6) is 0 Å². The highest BCUT2D eigenvalue weighted by atomic mass is 32.2. The van der Waals surface area contributed by atoms with E-state index in [0.29, 0.717) is 48.3 Å². The Balaban J connectivity index is 1.06. The van der Waals surface area contributed by atoms with Crippen molar-refractivity contribution in [2.75, 3.05) is 12.3 Å². The fourth-order valence-electron chi connectivity index (χ4n) is 5.09. The summed E-state index contributed by atoms with van der Waals surface area (Å²) in [6.45, 7) is 0.539. The monoisotopic (exact) mass is 566 g/mol. The summed E-state index contributed by atoms with van der Waals surface area (Å²) in [6, 6.07) is 0.418. The fraction of sp³-hybridized carbons (Fsp3) is 0.778. The quantitative estimate of drug-likeness (QED) is 0.123. The average molecular weight is 567 g/mol. The zero-order valence-electron chi connectivity index (χ0n) is 22.7. The summed E-state index contributed by atoms with van der Waals surface area (Å²) in [6.07, 6.45) is 10.5. The van der Waals surface area contributed by atoms with Gasteiger partial charge in [-0.25, -0.2) is 9.59 Å². The maximum atomic E-state index is 12.1. The zero-order chi connectivity index (χ0) is 28.0. The highest BCUT2D eigenvalue weighted by Gasteiger charge is 2.42. The van der Waals surface area contributed by atoms with Crippen LogP contribution in [0.15, 0.2) is 0 Å². The number of nitrogens with zero attached hydrogens (tertiary/aromatic N) is 1. The topological polar surface area (TPSA) is 151 Å². The summed E-state index contributed by atoms with van der Waals surface area (Å²) >= 11 is 1.91. The van der Waals surface area contributed by atoms with Gasteiger partial charge in [0.25, 0.3) is 11.8 Å². The summed E-state index contributed by atoms with van der Waals surface area (Å²) in [5.74, 6) is -0.278. The van der Waals surface area contributed by atoms with Gasteiger partial charge >= 0.3 is 12.0 Å². The van der Waals surface area contributed by atoms with E-state index in [1.807, 2.05) is 11.8 Å². The Morgan fingerprint density at radius 1 is 0.821 bits per heavy atom. The molecule has 0 aromatic carbocycles. The number of unbranched alkanes of at least 4 members (excludes halogenated alkanes) is 6. The number of carbonyl (C=O) groups excluding carboxylic acids is 6. The van der Waals surface area contributed by atoms with Crippen LogP contribution < -0.4 is 16.0 Å². The second kappa shape index (κ2) is 16.5. The molecule has 3 fully saturated rings. The van der Waals surface area contributed by atoms with Gasteiger partial charge in [0.15, 0.2) is 0 Å². The minimum atomic E-state index is -0.597. The average Bonchev–Trinajstić information content (AvgIpc) is 3.56. The number of ketones is 1. The van der Waals surface area contributed by atoms with Crippen molar-refractivity contribution in [1.29, 1.82) is 0 Å². The number of Topliss-reactive ketones (excluding diaryl/α,β-unsaturated/α-hetero) is 1. The minimum Gasteiger partial charge on any atom is -0.356 e. The lowest BCUT2D eigenvalue weighted by Gasteiger charge is -2.16. The van der Waals surface area contributed by atoms with Gasteiger partial charge < -0.3 is 20.8 Å². The van der Waals surface area contributed by atoms with E-state index in [4.69, 9.17) is 4.84 Å². The van der Waals surface area contributed by atoms with Gasteiger partial charge in [0.2, 0.25) is 5.91 Å². The number of fused-ring (bicyclic) bond motifs is 1. The molecule has 39 heavy (non-hydrogen) atoms. The van der Waals surface area contributed by atoms with Crippen molar-refractivity contribution in [3.63, 3.8) is 0 Å².